The van der Waals surface area contributed by atoms with Crippen molar-refractivity contribution in [2.75, 3.05) is 24.6 Å². The fraction of sp³-hybridized carbons (Fsp3) is 0.636. The number of hydrogen-bond donors (Lipinski definition) is 1. The number of nitrogens with one attached hydrogen (secondary N) is 1. The first-order valence-electron chi connectivity index (χ1n) is 11.1. The molecule has 1 atom stereocenters. The van der Waals surface area contributed by atoms with Crippen LogP contribution in [0.1, 0.15) is 61.2 Å². The molecule has 0 bridgehead atoms. The minimum Gasteiger partial charge on any atom is -0.476 e. The SMILES string of the molecule is Cc1nc(C(C)(CC2CC2)NC(=O)c2ccc(N3CC(F)(F)C3)c(OCC3CC3)n2)no1. The van der Waals surface area contributed by atoms with Crippen LogP contribution in [0, 0.1) is 18.8 Å². The second-order valence-electron chi connectivity index (χ2n) is 9.56. The number of nitrogens with zero attached hydrogens (tertiary/aromatic N) is 4. The van der Waals surface area contributed by atoms with Crippen molar-refractivity contribution in [2.24, 2.45) is 11.8 Å². The van der Waals surface area contributed by atoms with Gasteiger partial charge in [-0.05, 0) is 50.2 Å². The van der Waals surface area contributed by atoms with E-state index in [1.807, 2.05) is 6.92 Å². The summed E-state index contributed by atoms with van der Waals surface area (Å²) < 4.78 is 37.8. The molecular weight excluding hydrogens is 420 g/mol. The second-order valence-corrected chi connectivity index (χ2v) is 9.56. The summed E-state index contributed by atoms with van der Waals surface area (Å²) in [6, 6.07) is 3.18. The lowest BCUT2D eigenvalue weighted by Crippen LogP contribution is -2.56. The van der Waals surface area contributed by atoms with Gasteiger partial charge in [-0.2, -0.15) is 4.98 Å². The topological polar surface area (TPSA) is 93.4 Å². The summed E-state index contributed by atoms with van der Waals surface area (Å²) in [5.41, 5.74) is -0.151. The van der Waals surface area contributed by atoms with Crippen LogP contribution in [-0.4, -0.2) is 46.7 Å². The predicted octanol–water partition coefficient (Wildman–Crippen LogP) is 3.46. The molecule has 0 spiro atoms. The standard InChI is InChI=1S/C22H27F2N5O3/c1-13-25-20(28-32-13)21(2,9-14-3-4-14)27-18(30)16-7-8-17(29-11-22(23,24)12-29)19(26-16)31-10-15-5-6-15/h7-8,14-15H,3-6,9-12H2,1-2H3,(H,27,30). The Kier molecular flexibility index (Phi) is 5.05. The summed E-state index contributed by atoms with van der Waals surface area (Å²) in [6.07, 6.45) is 5.08. The molecule has 0 radical (unpaired) electrons. The van der Waals surface area contributed by atoms with E-state index in [9.17, 15) is 13.6 Å². The van der Waals surface area contributed by atoms with Crippen molar-refractivity contribution < 1.29 is 22.8 Å². The molecule has 1 N–H and O–H groups in total. The van der Waals surface area contributed by atoms with Crippen LogP contribution in [0.25, 0.3) is 0 Å². The van der Waals surface area contributed by atoms with Crippen molar-refractivity contribution in [1.82, 2.24) is 20.4 Å². The highest BCUT2D eigenvalue weighted by Crippen LogP contribution is 2.41. The average molecular weight is 447 g/mol. The Labute approximate surface area is 184 Å². The summed E-state index contributed by atoms with van der Waals surface area (Å²) in [5.74, 6) is -1.06. The van der Waals surface area contributed by atoms with Gasteiger partial charge >= 0.3 is 0 Å². The quantitative estimate of drug-likeness (QED) is 0.629. The molecular formula is C22H27F2N5O3. The van der Waals surface area contributed by atoms with Crippen LogP contribution in [0.3, 0.4) is 0 Å². The average Bonchev–Trinajstić information content (AvgIpc) is 3.65. The van der Waals surface area contributed by atoms with Gasteiger partial charge in [0.1, 0.15) is 16.9 Å². The first-order valence-corrected chi connectivity index (χ1v) is 11.1. The third-order valence-electron chi connectivity index (χ3n) is 6.21. The molecule has 1 aliphatic heterocycles. The van der Waals surface area contributed by atoms with E-state index >= 15 is 0 Å². The highest BCUT2D eigenvalue weighted by Gasteiger charge is 2.45. The summed E-state index contributed by atoms with van der Waals surface area (Å²) in [6.45, 7) is 3.30. The number of amides is 1. The van der Waals surface area contributed by atoms with E-state index < -0.39 is 17.4 Å². The highest BCUT2D eigenvalue weighted by atomic mass is 19.3. The molecule has 3 heterocycles. The van der Waals surface area contributed by atoms with Crippen LogP contribution in [0.4, 0.5) is 14.5 Å². The summed E-state index contributed by atoms with van der Waals surface area (Å²) in [4.78, 5) is 23.4. The van der Waals surface area contributed by atoms with Gasteiger partial charge in [0.15, 0.2) is 5.82 Å². The van der Waals surface area contributed by atoms with E-state index in [1.165, 1.54) is 4.90 Å². The number of aromatic nitrogens is 3. The van der Waals surface area contributed by atoms with Crippen molar-refractivity contribution in [2.45, 2.75) is 57.4 Å². The molecule has 2 aromatic rings. The van der Waals surface area contributed by atoms with Crippen LogP contribution in [-0.2, 0) is 5.54 Å². The number of carbonyl (C=O) groups is 1. The van der Waals surface area contributed by atoms with E-state index in [0.29, 0.717) is 42.3 Å². The molecule has 1 amide bonds. The fourth-order valence-electron chi connectivity index (χ4n) is 4.01. The first-order chi connectivity index (χ1) is 15.2. The molecule has 1 unspecified atom stereocenters. The summed E-state index contributed by atoms with van der Waals surface area (Å²) in [7, 11) is 0. The Balaban J connectivity index is 1.37. The molecule has 2 aliphatic carbocycles. The minimum atomic E-state index is -2.71. The lowest BCUT2D eigenvalue weighted by molar-refractivity contribution is -0.0265. The number of anilines is 1. The van der Waals surface area contributed by atoms with E-state index in [4.69, 9.17) is 9.26 Å². The Morgan fingerprint density at radius 2 is 1.97 bits per heavy atom. The van der Waals surface area contributed by atoms with Gasteiger partial charge in [-0.15, -0.1) is 0 Å². The predicted molar refractivity (Wildman–Crippen MR) is 111 cm³/mol. The van der Waals surface area contributed by atoms with Crippen molar-refractivity contribution >= 4 is 11.6 Å². The van der Waals surface area contributed by atoms with Gasteiger partial charge in [0, 0.05) is 6.92 Å². The lowest BCUT2D eigenvalue weighted by Gasteiger charge is -2.40. The Morgan fingerprint density at radius 3 is 2.56 bits per heavy atom. The van der Waals surface area contributed by atoms with Gasteiger partial charge in [0.25, 0.3) is 11.8 Å². The zero-order valence-corrected chi connectivity index (χ0v) is 18.2. The van der Waals surface area contributed by atoms with E-state index in [0.717, 1.165) is 25.7 Å². The van der Waals surface area contributed by atoms with Crippen LogP contribution in [0.5, 0.6) is 5.88 Å². The van der Waals surface area contributed by atoms with E-state index in [2.05, 4.69) is 20.4 Å². The maximum absolute atomic E-state index is 13.4. The number of carbonyl (C=O) groups excluding carboxylic acids is 1. The molecule has 10 heteroatoms. The summed E-state index contributed by atoms with van der Waals surface area (Å²) in [5, 5.41) is 7.06. The second kappa shape index (κ2) is 7.67. The fourth-order valence-corrected chi connectivity index (χ4v) is 4.01. The number of aryl methyl sites for hydroxylation is 1. The monoisotopic (exact) mass is 447 g/mol. The highest BCUT2D eigenvalue weighted by molar-refractivity contribution is 5.93. The van der Waals surface area contributed by atoms with E-state index in [-0.39, 0.29) is 24.7 Å². The van der Waals surface area contributed by atoms with Crippen LogP contribution in [0.15, 0.2) is 16.7 Å². The maximum atomic E-state index is 13.4. The zero-order valence-electron chi connectivity index (χ0n) is 18.2. The number of hydrogen-bond acceptors (Lipinski definition) is 7. The van der Waals surface area contributed by atoms with E-state index in [1.54, 1.807) is 19.1 Å². The lowest BCUT2D eigenvalue weighted by atomic mass is 9.93. The third-order valence-corrected chi connectivity index (χ3v) is 6.21. The molecule has 2 saturated carbocycles. The summed E-state index contributed by atoms with van der Waals surface area (Å²) >= 11 is 0. The first kappa shape index (κ1) is 21.1. The Bertz CT molecular complexity index is 1010. The van der Waals surface area contributed by atoms with Gasteiger partial charge in [-0.3, -0.25) is 4.79 Å². The van der Waals surface area contributed by atoms with Crippen LogP contribution >= 0.6 is 0 Å². The van der Waals surface area contributed by atoms with Crippen LogP contribution in [0.2, 0.25) is 0 Å². The number of ether oxygens (including phenoxy) is 1. The molecule has 1 saturated heterocycles. The third kappa shape index (κ3) is 4.54. The number of halogens is 2. The molecule has 2 aromatic heterocycles. The van der Waals surface area contributed by atoms with Crippen molar-refractivity contribution in [3.63, 3.8) is 0 Å². The molecule has 8 nitrogen and oxygen atoms in total. The van der Waals surface area contributed by atoms with Crippen molar-refractivity contribution in [1.29, 1.82) is 0 Å². The van der Waals surface area contributed by atoms with Crippen molar-refractivity contribution in [3.05, 3.63) is 29.5 Å². The normalized spacial score (nSPS) is 21.6. The van der Waals surface area contributed by atoms with Gasteiger partial charge < -0.3 is 19.5 Å². The van der Waals surface area contributed by atoms with Gasteiger partial charge in [-0.25, -0.2) is 13.8 Å². The number of rotatable bonds is 9. The number of pyridine rings is 1. The van der Waals surface area contributed by atoms with Gasteiger partial charge in [0.2, 0.25) is 11.8 Å². The molecule has 3 aliphatic rings. The molecule has 3 fully saturated rings. The Hall–Kier alpha value is -2.78. The molecule has 0 aromatic carbocycles. The Morgan fingerprint density at radius 1 is 1.25 bits per heavy atom. The smallest absolute Gasteiger partial charge is 0.282 e. The largest absolute Gasteiger partial charge is 0.476 e. The maximum Gasteiger partial charge on any atom is 0.282 e. The van der Waals surface area contributed by atoms with Crippen LogP contribution < -0.4 is 15.0 Å². The minimum absolute atomic E-state index is 0.161. The van der Waals surface area contributed by atoms with Crippen molar-refractivity contribution in [3.8, 4) is 5.88 Å². The zero-order chi connectivity index (χ0) is 22.5. The molecule has 5 rings (SSSR count). The molecule has 32 heavy (non-hydrogen) atoms. The van der Waals surface area contributed by atoms with Gasteiger partial charge in [0.05, 0.1) is 19.7 Å². The number of alkyl halides is 2. The molecule has 172 valence electrons. The van der Waals surface area contributed by atoms with Gasteiger partial charge in [-0.1, -0.05) is 18.0 Å².